The zero-order valence-corrected chi connectivity index (χ0v) is 13.9. The molecule has 1 aromatic heterocycles. The van der Waals surface area contributed by atoms with Crippen LogP contribution in [0.25, 0.3) is 11.3 Å². The van der Waals surface area contributed by atoms with Crippen LogP contribution in [-0.2, 0) is 6.54 Å². The normalized spacial score (nSPS) is 12.2. The summed E-state index contributed by atoms with van der Waals surface area (Å²) < 4.78 is 29.4. The molecule has 1 heterocycles. The molecule has 0 spiro atoms. The van der Waals surface area contributed by atoms with Crippen LogP contribution >= 0.6 is 11.6 Å². The summed E-state index contributed by atoms with van der Waals surface area (Å²) in [7, 11) is 0. The van der Waals surface area contributed by atoms with E-state index < -0.39 is 34.4 Å². The van der Waals surface area contributed by atoms with E-state index in [4.69, 9.17) is 17.3 Å². The maximum atomic E-state index is 14.2. The fourth-order valence-corrected chi connectivity index (χ4v) is 2.56. The summed E-state index contributed by atoms with van der Waals surface area (Å²) in [5.41, 5.74) is 3.08. The topological polar surface area (TPSA) is 78.0 Å². The van der Waals surface area contributed by atoms with Gasteiger partial charge >= 0.3 is 0 Å². The van der Waals surface area contributed by atoms with Crippen molar-refractivity contribution >= 4 is 17.5 Å². The average Bonchev–Trinajstić information content (AvgIpc) is 2.52. The second kappa shape index (κ2) is 7.09. The number of carbonyl (C=O) groups is 1. The zero-order chi connectivity index (χ0) is 18.0. The van der Waals surface area contributed by atoms with E-state index in [1.54, 1.807) is 0 Å². The van der Waals surface area contributed by atoms with E-state index in [0.29, 0.717) is 6.42 Å². The Morgan fingerprint density at radius 3 is 2.46 bits per heavy atom. The fraction of sp³-hybridized carbons (Fsp3) is 0.312. The molecule has 0 bridgehead atoms. The smallest absolute Gasteiger partial charge is 0.282 e. The van der Waals surface area contributed by atoms with Crippen molar-refractivity contribution < 1.29 is 13.6 Å². The number of primary amides is 1. The van der Waals surface area contributed by atoms with E-state index in [1.807, 2.05) is 13.8 Å². The summed E-state index contributed by atoms with van der Waals surface area (Å²) in [4.78, 5) is 27.6. The highest BCUT2D eigenvalue weighted by atomic mass is 35.5. The monoisotopic (exact) mass is 355 g/mol. The predicted molar refractivity (Wildman–Crippen MR) is 86.8 cm³/mol. The molecule has 0 aliphatic carbocycles. The van der Waals surface area contributed by atoms with Gasteiger partial charge in [0.05, 0.1) is 11.3 Å². The molecular formula is C16H16ClF2N3O2. The number of halogens is 3. The van der Waals surface area contributed by atoms with Crippen LogP contribution in [0.5, 0.6) is 0 Å². The maximum Gasteiger partial charge on any atom is 0.282 e. The Labute approximate surface area is 142 Å². The quantitative estimate of drug-likeness (QED) is 0.895. The van der Waals surface area contributed by atoms with E-state index in [0.717, 1.165) is 16.7 Å². The molecule has 0 saturated carbocycles. The van der Waals surface area contributed by atoms with Crippen LogP contribution in [0.1, 0.15) is 30.8 Å². The first-order valence-corrected chi connectivity index (χ1v) is 7.70. The molecule has 5 nitrogen and oxygen atoms in total. The van der Waals surface area contributed by atoms with Crippen LogP contribution in [0.3, 0.4) is 0 Å². The van der Waals surface area contributed by atoms with E-state index in [9.17, 15) is 18.4 Å². The molecule has 2 aromatic rings. The zero-order valence-electron chi connectivity index (χ0n) is 13.1. The summed E-state index contributed by atoms with van der Waals surface area (Å²) in [5.74, 6) is -2.83. The van der Waals surface area contributed by atoms with Crippen molar-refractivity contribution in [2.45, 2.75) is 26.8 Å². The first kappa shape index (κ1) is 18.1. The lowest BCUT2D eigenvalue weighted by Crippen LogP contribution is -2.34. The molecular weight excluding hydrogens is 340 g/mol. The van der Waals surface area contributed by atoms with Gasteiger partial charge in [-0.15, -0.1) is 0 Å². The number of carbonyl (C=O) groups excluding carboxylic acids is 1. The largest absolute Gasteiger partial charge is 0.364 e. The van der Waals surface area contributed by atoms with E-state index in [1.165, 1.54) is 6.07 Å². The third kappa shape index (κ3) is 3.31. The lowest BCUT2D eigenvalue weighted by atomic mass is 10.1. The van der Waals surface area contributed by atoms with Crippen molar-refractivity contribution in [1.82, 2.24) is 9.55 Å². The lowest BCUT2D eigenvalue weighted by molar-refractivity contribution is 0.0993. The van der Waals surface area contributed by atoms with Gasteiger partial charge in [0.25, 0.3) is 11.5 Å². The number of aromatic nitrogens is 2. The Morgan fingerprint density at radius 1 is 1.38 bits per heavy atom. The highest BCUT2D eigenvalue weighted by Crippen LogP contribution is 2.30. The van der Waals surface area contributed by atoms with Crippen LogP contribution in [0.4, 0.5) is 8.78 Å². The van der Waals surface area contributed by atoms with Gasteiger partial charge in [-0.05, 0) is 18.1 Å². The Bertz CT molecular complexity index is 832. The molecule has 1 unspecified atom stereocenters. The summed E-state index contributed by atoms with van der Waals surface area (Å²) >= 11 is 6.04. The van der Waals surface area contributed by atoms with Gasteiger partial charge in [-0.1, -0.05) is 37.9 Å². The minimum Gasteiger partial charge on any atom is -0.364 e. The molecule has 2 N–H and O–H groups in total. The van der Waals surface area contributed by atoms with Gasteiger partial charge in [0, 0.05) is 6.54 Å². The molecule has 24 heavy (non-hydrogen) atoms. The summed E-state index contributed by atoms with van der Waals surface area (Å²) in [5, 5.41) is -0.365. The van der Waals surface area contributed by atoms with Crippen LogP contribution < -0.4 is 11.3 Å². The first-order chi connectivity index (χ1) is 11.3. The minimum absolute atomic E-state index is 0.00419. The van der Waals surface area contributed by atoms with Crippen LogP contribution in [-0.4, -0.2) is 15.5 Å². The SMILES string of the molecule is CCC(C)Cn1c(-c2c(F)cccc2F)c(Cl)nc(C(N)=O)c1=O. The maximum absolute atomic E-state index is 14.2. The van der Waals surface area contributed by atoms with Gasteiger partial charge in [-0.3, -0.25) is 9.59 Å². The standard InChI is InChI=1S/C16H16ClF2N3O2/c1-3-8(2)7-22-13(11-9(18)5-4-6-10(11)19)14(17)21-12(15(20)23)16(22)24/h4-6,8H,3,7H2,1-2H3,(H2,20,23). The molecule has 128 valence electrons. The molecule has 1 amide bonds. The Balaban J connectivity index is 2.87. The number of amides is 1. The molecule has 0 aliphatic rings. The predicted octanol–water partition coefficient (Wildman–Crippen LogP) is 2.99. The third-order valence-corrected chi connectivity index (χ3v) is 4.01. The van der Waals surface area contributed by atoms with Crippen molar-refractivity contribution in [3.05, 3.63) is 51.0 Å². The van der Waals surface area contributed by atoms with Crippen molar-refractivity contribution in [2.75, 3.05) is 0 Å². The van der Waals surface area contributed by atoms with Crippen LogP contribution in [0, 0.1) is 17.6 Å². The number of hydrogen-bond acceptors (Lipinski definition) is 3. The molecule has 0 aliphatic heterocycles. The van der Waals surface area contributed by atoms with Crippen molar-refractivity contribution in [2.24, 2.45) is 11.7 Å². The highest BCUT2D eigenvalue weighted by Gasteiger charge is 2.24. The van der Waals surface area contributed by atoms with Gasteiger partial charge in [0.1, 0.15) is 11.6 Å². The molecule has 2 rings (SSSR count). The number of hydrogen-bond donors (Lipinski definition) is 1. The Morgan fingerprint density at radius 2 is 1.96 bits per heavy atom. The Kier molecular flexibility index (Phi) is 5.33. The highest BCUT2D eigenvalue weighted by molar-refractivity contribution is 6.32. The molecule has 1 aromatic carbocycles. The van der Waals surface area contributed by atoms with E-state index in [-0.39, 0.29) is 23.3 Å². The van der Waals surface area contributed by atoms with E-state index in [2.05, 4.69) is 4.98 Å². The van der Waals surface area contributed by atoms with Gasteiger partial charge < -0.3 is 10.3 Å². The van der Waals surface area contributed by atoms with Crippen LogP contribution in [0.15, 0.2) is 23.0 Å². The molecule has 0 radical (unpaired) electrons. The number of rotatable bonds is 5. The number of benzene rings is 1. The summed E-state index contributed by atoms with van der Waals surface area (Å²) in [6.45, 7) is 3.87. The first-order valence-electron chi connectivity index (χ1n) is 7.32. The van der Waals surface area contributed by atoms with Crippen molar-refractivity contribution in [3.8, 4) is 11.3 Å². The van der Waals surface area contributed by atoms with Gasteiger partial charge in [-0.2, -0.15) is 0 Å². The third-order valence-electron chi connectivity index (χ3n) is 3.75. The minimum atomic E-state index is -1.06. The lowest BCUT2D eigenvalue weighted by Gasteiger charge is -2.18. The summed E-state index contributed by atoms with van der Waals surface area (Å²) in [6.07, 6.45) is 0.706. The van der Waals surface area contributed by atoms with E-state index >= 15 is 0 Å². The summed E-state index contributed by atoms with van der Waals surface area (Å²) in [6, 6.07) is 3.30. The van der Waals surface area contributed by atoms with Crippen molar-refractivity contribution in [1.29, 1.82) is 0 Å². The fourth-order valence-electron chi connectivity index (χ4n) is 2.28. The Hall–Kier alpha value is -2.28. The molecule has 1 atom stereocenters. The van der Waals surface area contributed by atoms with Crippen LogP contribution in [0.2, 0.25) is 5.15 Å². The second-order valence-corrected chi connectivity index (χ2v) is 5.85. The molecule has 0 saturated heterocycles. The second-order valence-electron chi connectivity index (χ2n) is 5.49. The molecule has 0 fully saturated rings. The van der Waals surface area contributed by atoms with Gasteiger partial charge in [-0.25, -0.2) is 13.8 Å². The van der Waals surface area contributed by atoms with Gasteiger partial charge in [0.15, 0.2) is 10.8 Å². The number of nitrogens with two attached hydrogens (primary N) is 1. The molecule has 8 heteroatoms. The van der Waals surface area contributed by atoms with Crippen molar-refractivity contribution in [3.63, 3.8) is 0 Å². The van der Waals surface area contributed by atoms with Gasteiger partial charge in [0.2, 0.25) is 0 Å². The number of nitrogens with zero attached hydrogens (tertiary/aromatic N) is 2. The average molecular weight is 356 g/mol.